The molecule has 2 aromatic rings. The quantitative estimate of drug-likeness (QED) is 0.940. The predicted octanol–water partition coefficient (Wildman–Crippen LogP) is 2.97. The molecule has 3 rings (SSSR count). The maximum absolute atomic E-state index is 9.26. The third-order valence-electron chi connectivity index (χ3n) is 3.99. The van der Waals surface area contributed by atoms with Gasteiger partial charge in [0.15, 0.2) is 0 Å². The molecule has 0 radical (unpaired) electrons. The molecule has 1 fully saturated rings. The van der Waals surface area contributed by atoms with Crippen LogP contribution in [-0.2, 0) is 0 Å². The lowest BCUT2D eigenvalue weighted by Crippen LogP contribution is -2.22. The normalized spacial score (nSPS) is 17.5. The van der Waals surface area contributed by atoms with Gasteiger partial charge in [-0.2, -0.15) is 9.64 Å². The Hall–Kier alpha value is -2.13. The van der Waals surface area contributed by atoms with E-state index in [9.17, 15) is 5.26 Å². The van der Waals surface area contributed by atoms with Gasteiger partial charge in [-0.05, 0) is 49.9 Å². The summed E-state index contributed by atoms with van der Waals surface area (Å²) < 4.78 is 4.31. The number of hydrogen-bond acceptors (Lipinski definition) is 6. The van der Waals surface area contributed by atoms with Crippen LogP contribution in [0.5, 0.6) is 0 Å². The van der Waals surface area contributed by atoms with Crippen LogP contribution in [0, 0.1) is 31.1 Å². The van der Waals surface area contributed by atoms with Crippen molar-refractivity contribution in [2.75, 3.05) is 29.9 Å². The van der Waals surface area contributed by atoms with E-state index in [1.807, 2.05) is 32.0 Å². The van der Waals surface area contributed by atoms with Crippen LogP contribution in [0.15, 0.2) is 18.2 Å². The van der Waals surface area contributed by atoms with Crippen LogP contribution in [0.4, 0.5) is 10.8 Å². The lowest BCUT2D eigenvalue weighted by molar-refractivity contribution is 0.621. The zero-order chi connectivity index (χ0) is 15.5. The van der Waals surface area contributed by atoms with E-state index in [0.29, 0.717) is 5.92 Å². The molecule has 1 aliphatic rings. The smallest absolute Gasteiger partial charge is 0.130 e. The number of nitriles is 1. The number of rotatable bonds is 4. The summed E-state index contributed by atoms with van der Waals surface area (Å²) >= 11 is 1.44. The molecule has 2 aromatic heterocycles. The Morgan fingerprint density at radius 1 is 1.45 bits per heavy atom. The molecule has 22 heavy (non-hydrogen) atoms. The highest BCUT2D eigenvalue weighted by molar-refractivity contribution is 7.10. The van der Waals surface area contributed by atoms with E-state index in [-0.39, 0.29) is 0 Å². The zero-order valence-corrected chi connectivity index (χ0v) is 13.7. The van der Waals surface area contributed by atoms with Crippen molar-refractivity contribution in [3.63, 3.8) is 0 Å². The summed E-state index contributed by atoms with van der Waals surface area (Å²) in [6.07, 6.45) is 1.13. The Morgan fingerprint density at radius 2 is 2.32 bits per heavy atom. The molecule has 6 heteroatoms. The first-order valence-electron chi connectivity index (χ1n) is 7.46. The average Bonchev–Trinajstić information content (AvgIpc) is 3.11. The molecule has 0 saturated carbocycles. The Labute approximate surface area is 134 Å². The van der Waals surface area contributed by atoms with Crippen molar-refractivity contribution < 1.29 is 0 Å². The Balaban J connectivity index is 1.60. The van der Waals surface area contributed by atoms with Crippen molar-refractivity contribution in [2.24, 2.45) is 5.92 Å². The molecule has 0 amide bonds. The molecular formula is C16H19N5S. The van der Waals surface area contributed by atoms with Gasteiger partial charge in [0.25, 0.3) is 0 Å². The largest absolute Gasteiger partial charge is 0.370 e. The highest BCUT2D eigenvalue weighted by Gasteiger charge is 2.26. The molecule has 0 aromatic carbocycles. The second-order valence-corrected chi connectivity index (χ2v) is 6.46. The van der Waals surface area contributed by atoms with Gasteiger partial charge in [0, 0.05) is 25.3 Å². The van der Waals surface area contributed by atoms with Gasteiger partial charge in [-0.25, -0.2) is 4.98 Å². The minimum atomic E-state index is 0.566. The van der Waals surface area contributed by atoms with Gasteiger partial charge in [-0.15, -0.1) is 0 Å². The molecule has 1 atom stereocenters. The van der Waals surface area contributed by atoms with Crippen molar-refractivity contribution in [3.8, 4) is 6.07 Å². The van der Waals surface area contributed by atoms with Crippen LogP contribution < -0.4 is 10.2 Å². The molecule has 1 aliphatic heterocycles. The highest BCUT2D eigenvalue weighted by Crippen LogP contribution is 2.32. The first-order valence-corrected chi connectivity index (χ1v) is 8.23. The molecule has 0 spiro atoms. The maximum Gasteiger partial charge on any atom is 0.130 e. The van der Waals surface area contributed by atoms with E-state index >= 15 is 0 Å². The van der Waals surface area contributed by atoms with Gasteiger partial charge in [0.2, 0.25) is 0 Å². The van der Waals surface area contributed by atoms with E-state index in [0.717, 1.165) is 53.8 Å². The number of aryl methyl sites for hydroxylation is 2. The topological polar surface area (TPSA) is 64.8 Å². The molecule has 5 nitrogen and oxygen atoms in total. The van der Waals surface area contributed by atoms with Crippen molar-refractivity contribution in [2.45, 2.75) is 20.3 Å². The molecule has 1 unspecified atom stereocenters. The zero-order valence-electron chi connectivity index (χ0n) is 12.8. The van der Waals surface area contributed by atoms with Gasteiger partial charge in [0.05, 0.1) is 5.69 Å². The number of anilines is 2. The van der Waals surface area contributed by atoms with Crippen molar-refractivity contribution in [1.29, 1.82) is 5.26 Å². The summed E-state index contributed by atoms with van der Waals surface area (Å²) in [4.78, 5) is 6.76. The number of aromatic nitrogens is 2. The van der Waals surface area contributed by atoms with E-state index in [1.165, 1.54) is 11.5 Å². The SMILES string of the molecule is Cc1cccc(NCC2CCN(c3snc(C)c3C#N)C2)n1. The Kier molecular flexibility index (Phi) is 4.25. The summed E-state index contributed by atoms with van der Waals surface area (Å²) in [6.45, 7) is 6.76. The van der Waals surface area contributed by atoms with Crippen LogP contribution in [0.2, 0.25) is 0 Å². The standard InChI is InChI=1S/C16H19N5S/c1-11-4-3-5-15(19-11)18-9-13-6-7-21(10-13)16-14(8-17)12(2)20-22-16/h3-5,13H,6-7,9-10H2,1-2H3,(H,18,19). The molecular weight excluding hydrogens is 294 g/mol. The summed E-state index contributed by atoms with van der Waals surface area (Å²) in [5, 5.41) is 13.7. The fourth-order valence-corrected chi connectivity index (χ4v) is 3.66. The first kappa shape index (κ1) is 14.8. The van der Waals surface area contributed by atoms with Crippen LogP contribution in [-0.4, -0.2) is 29.0 Å². The van der Waals surface area contributed by atoms with E-state index in [4.69, 9.17) is 0 Å². The number of nitrogens with one attached hydrogen (secondary N) is 1. The number of hydrogen-bond donors (Lipinski definition) is 1. The van der Waals surface area contributed by atoms with Crippen molar-refractivity contribution in [1.82, 2.24) is 9.36 Å². The lowest BCUT2D eigenvalue weighted by Gasteiger charge is -2.17. The van der Waals surface area contributed by atoms with Gasteiger partial charge in [-0.1, -0.05) is 6.07 Å². The maximum atomic E-state index is 9.26. The van der Waals surface area contributed by atoms with Gasteiger partial charge >= 0.3 is 0 Å². The predicted molar refractivity (Wildman–Crippen MR) is 89.3 cm³/mol. The third-order valence-corrected chi connectivity index (χ3v) is 4.99. The van der Waals surface area contributed by atoms with Crippen LogP contribution in [0.3, 0.4) is 0 Å². The highest BCUT2D eigenvalue weighted by atomic mass is 32.1. The second kappa shape index (κ2) is 6.32. The summed E-state index contributed by atoms with van der Waals surface area (Å²) in [5.41, 5.74) is 2.60. The number of pyridine rings is 1. The Bertz CT molecular complexity index is 703. The summed E-state index contributed by atoms with van der Waals surface area (Å²) in [5.74, 6) is 1.50. The third kappa shape index (κ3) is 3.04. The lowest BCUT2D eigenvalue weighted by atomic mass is 10.1. The van der Waals surface area contributed by atoms with Gasteiger partial charge < -0.3 is 10.2 Å². The molecule has 1 saturated heterocycles. The molecule has 114 valence electrons. The number of nitrogens with zero attached hydrogens (tertiary/aromatic N) is 4. The minimum absolute atomic E-state index is 0.566. The van der Waals surface area contributed by atoms with E-state index in [1.54, 1.807) is 0 Å². The van der Waals surface area contributed by atoms with Gasteiger partial charge in [0.1, 0.15) is 22.5 Å². The fraction of sp³-hybridized carbons (Fsp3) is 0.438. The summed E-state index contributed by atoms with van der Waals surface area (Å²) in [7, 11) is 0. The molecule has 0 bridgehead atoms. The minimum Gasteiger partial charge on any atom is -0.370 e. The molecule has 1 N–H and O–H groups in total. The van der Waals surface area contributed by atoms with E-state index < -0.39 is 0 Å². The van der Waals surface area contributed by atoms with Crippen LogP contribution >= 0.6 is 11.5 Å². The Morgan fingerprint density at radius 3 is 3.09 bits per heavy atom. The van der Waals surface area contributed by atoms with Crippen molar-refractivity contribution in [3.05, 3.63) is 35.2 Å². The van der Waals surface area contributed by atoms with Crippen LogP contribution in [0.25, 0.3) is 0 Å². The average molecular weight is 313 g/mol. The van der Waals surface area contributed by atoms with E-state index in [2.05, 4.69) is 25.6 Å². The first-order chi connectivity index (χ1) is 10.7. The molecule has 0 aliphatic carbocycles. The van der Waals surface area contributed by atoms with Crippen LogP contribution in [0.1, 0.15) is 23.4 Å². The summed E-state index contributed by atoms with van der Waals surface area (Å²) in [6, 6.07) is 8.30. The monoisotopic (exact) mass is 313 g/mol. The second-order valence-electron chi connectivity index (χ2n) is 5.71. The van der Waals surface area contributed by atoms with Crippen molar-refractivity contribution >= 4 is 22.4 Å². The van der Waals surface area contributed by atoms with Gasteiger partial charge in [-0.3, -0.25) is 0 Å². The fourth-order valence-electron chi connectivity index (χ4n) is 2.78. The molecule has 3 heterocycles.